The summed E-state index contributed by atoms with van der Waals surface area (Å²) in [6, 6.07) is 0. The monoisotopic (exact) mass is 448 g/mol. The van der Waals surface area contributed by atoms with E-state index >= 15 is 0 Å². The Balaban J connectivity index is 1.67. The van der Waals surface area contributed by atoms with E-state index < -0.39 is 23.0 Å². The van der Waals surface area contributed by atoms with Crippen LogP contribution in [0.4, 0.5) is 0 Å². The fourth-order valence-corrected chi connectivity index (χ4v) is 8.41. The lowest BCUT2D eigenvalue weighted by molar-refractivity contribution is -0.192. The molecule has 5 aliphatic carbocycles. The van der Waals surface area contributed by atoms with Crippen molar-refractivity contribution in [1.29, 1.82) is 0 Å². The zero-order chi connectivity index (χ0) is 24.2. The van der Waals surface area contributed by atoms with Crippen LogP contribution in [0.25, 0.3) is 0 Å². The summed E-state index contributed by atoms with van der Waals surface area (Å²) in [7, 11) is 0. The molecule has 176 valence electrons. The molecule has 2 fully saturated rings. The Hall–Kier alpha value is -2.23. The maximum absolute atomic E-state index is 12.5. The van der Waals surface area contributed by atoms with Gasteiger partial charge in [0.05, 0.1) is 5.41 Å². The predicted octanol–water partition coefficient (Wildman–Crippen LogP) is 5.99. The van der Waals surface area contributed by atoms with Crippen LogP contribution in [-0.4, -0.2) is 22.6 Å². The van der Waals surface area contributed by atoms with Crippen molar-refractivity contribution >= 4 is 17.5 Å². The van der Waals surface area contributed by atoms with Crippen molar-refractivity contribution in [3.63, 3.8) is 0 Å². The highest BCUT2D eigenvalue weighted by Crippen LogP contribution is 2.75. The summed E-state index contributed by atoms with van der Waals surface area (Å²) in [6.07, 6.45) is 13.7. The molecule has 0 aliphatic heterocycles. The van der Waals surface area contributed by atoms with Gasteiger partial charge >= 0.3 is 5.97 Å². The maximum atomic E-state index is 12.5. The Morgan fingerprint density at radius 2 is 1.70 bits per heavy atom. The number of carbonyl (C=O) groups is 3. The molecule has 0 saturated heterocycles. The van der Waals surface area contributed by atoms with Gasteiger partial charge in [-0.15, -0.1) is 0 Å². The van der Waals surface area contributed by atoms with E-state index in [9.17, 15) is 19.5 Å². The second kappa shape index (κ2) is 6.46. The normalized spacial score (nSPS) is 46.5. The molecule has 4 nitrogen and oxygen atoms in total. The number of hydrogen-bond acceptors (Lipinski definition) is 3. The maximum Gasteiger partial charge on any atom is 0.309 e. The Labute approximate surface area is 196 Å². The second-order valence-electron chi connectivity index (χ2n) is 12.7. The molecule has 0 amide bonds. The first-order valence-corrected chi connectivity index (χ1v) is 12.4. The van der Waals surface area contributed by atoms with Gasteiger partial charge in [-0.05, 0) is 97.3 Å². The molecule has 0 heterocycles. The third-order valence-corrected chi connectivity index (χ3v) is 11.3. The smallest absolute Gasteiger partial charge is 0.309 e. The topological polar surface area (TPSA) is 71.4 Å². The minimum atomic E-state index is -0.676. The zero-order valence-corrected chi connectivity index (χ0v) is 20.8. The van der Waals surface area contributed by atoms with Crippen LogP contribution in [0.15, 0.2) is 46.6 Å². The Morgan fingerprint density at radius 3 is 2.36 bits per heavy atom. The molecule has 5 rings (SSSR count). The highest BCUT2D eigenvalue weighted by atomic mass is 16.4. The zero-order valence-electron chi connectivity index (χ0n) is 20.8. The molecule has 0 aromatic carbocycles. The van der Waals surface area contributed by atoms with Crippen molar-refractivity contribution in [3.8, 4) is 0 Å². The number of aliphatic carboxylic acids is 1. The van der Waals surface area contributed by atoms with Crippen LogP contribution in [0.5, 0.6) is 0 Å². The quantitative estimate of drug-likeness (QED) is 0.395. The summed E-state index contributed by atoms with van der Waals surface area (Å²) in [5.41, 5.74) is 2.54. The van der Waals surface area contributed by atoms with Gasteiger partial charge in [0.2, 0.25) is 11.6 Å². The Bertz CT molecular complexity index is 1130. The third kappa shape index (κ3) is 2.56. The largest absolute Gasteiger partial charge is 0.481 e. The molecule has 33 heavy (non-hydrogen) atoms. The Morgan fingerprint density at radius 1 is 1.03 bits per heavy atom. The lowest BCUT2D eigenvalue weighted by Gasteiger charge is -2.70. The second-order valence-corrected chi connectivity index (χ2v) is 12.7. The number of Topliss-reactive ketones (excluding diaryl/α,β-unsaturated/α-hetero) is 1. The molecule has 0 aromatic heterocycles. The van der Waals surface area contributed by atoms with Crippen molar-refractivity contribution in [2.45, 2.75) is 80.1 Å². The van der Waals surface area contributed by atoms with E-state index in [0.29, 0.717) is 17.9 Å². The van der Waals surface area contributed by atoms with E-state index in [4.69, 9.17) is 0 Å². The summed E-state index contributed by atoms with van der Waals surface area (Å²) in [6.45, 7) is 13.2. The molecule has 0 aromatic rings. The van der Waals surface area contributed by atoms with Crippen molar-refractivity contribution in [2.75, 3.05) is 0 Å². The molecule has 2 saturated carbocycles. The number of hydrogen-bond donors (Lipinski definition) is 1. The summed E-state index contributed by atoms with van der Waals surface area (Å²) in [5.74, 6) is -1.19. The summed E-state index contributed by atoms with van der Waals surface area (Å²) in [5, 5.41) is 10.1. The van der Waals surface area contributed by atoms with E-state index in [2.05, 4.69) is 45.9 Å². The molecule has 4 heteroatoms. The summed E-state index contributed by atoms with van der Waals surface area (Å²) < 4.78 is 0. The Kier molecular flexibility index (Phi) is 4.41. The predicted molar refractivity (Wildman–Crippen MR) is 127 cm³/mol. The molecular formula is C29H36O4. The molecule has 0 unspecified atom stereocenters. The fraction of sp³-hybridized carbons (Fsp3) is 0.621. The average molecular weight is 449 g/mol. The van der Waals surface area contributed by atoms with Crippen LogP contribution >= 0.6 is 0 Å². The van der Waals surface area contributed by atoms with Gasteiger partial charge in [0.25, 0.3) is 0 Å². The summed E-state index contributed by atoms with van der Waals surface area (Å²) in [4.78, 5) is 37.0. The number of carbonyl (C=O) groups excluding carboxylic acids is 2. The average Bonchev–Trinajstić information content (AvgIpc) is 2.75. The van der Waals surface area contributed by atoms with Crippen molar-refractivity contribution < 1.29 is 19.5 Å². The molecule has 0 spiro atoms. The van der Waals surface area contributed by atoms with Crippen molar-refractivity contribution in [2.24, 2.45) is 33.0 Å². The van der Waals surface area contributed by atoms with Crippen LogP contribution in [0.1, 0.15) is 80.1 Å². The summed E-state index contributed by atoms with van der Waals surface area (Å²) >= 11 is 0. The van der Waals surface area contributed by atoms with Gasteiger partial charge in [-0.3, -0.25) is 14.4 Å². The van der Waals surface area contributed by atoms with Crippen LogP contribution in [-0.2, 0) is 14.4 Å². The van der Waals surface area contributed by atoms with E-state index in [1.165, 1.54) is 5.57 Å². The highest BCUT2D eigenvalue weighted by molar-refractivity contribution is 6.48. The van der Waals surface area contributed by atoms with Crippen molar-refractivity contribution in [3.05, 3.63) is 46.6 Å². The standard InChI is InChI=1S/C29H36O4/c1-17-18-7-9-27(4)20(19(18)15-21(30)23(17)31)8-10-28(5)22-16-26(3,24(32)33)12-11-25(22,2)13-14-29(27,28)6/h7-9,15,22H,10-14,16H2,1-6H3,(H,32,33)/t22-,25-,26-,27-,28+,29-/m1/s1. The first-order chi connectivity index (χ1) is 15.2. The van der Waals surface area contributed by atoms with Gasteiger partial charge in [0, 0.05) is 11.0 Å². The van der Waals surface area contributed by atoms with Crippen LogP contribution in [0.3, 0.4) is 0 Å². The first-order valence-electron chi connectivity index (χ1n) is 12.4. The van der Waals surface area contributed by atoms with Gasteiger partial charge in [-0.2, -0.15) is 0 Å². The minimum Gasteiger partial charge on any atom is -0.481 e. The molecule has 6 atom stereocenters. The number of ketones is 2. The molecule has 0 bridgehead atoms. The van der Waals surface area contributed by atoms with Gasteiger partial charge in [0.15, 0.2) is 0 Å². The van der Waals surface area contributed by atoms with Gasteiger partial charge in [0.1, 0.15) is 0 Å². The van der Waals surface area contributed by atoms with Crippen LogP contribution in [0, 0.1) is 33.0 Å². The fourth-order valence-electron chi connectivity index (χ4n) is 8.41. The first kappa shape index (κ1) is 22.6. The van der Waals surface area contributed by atoms with E-state index in [1.54, 1.807) is 13.0 Å². The number of rotatable bonds is 1. The molecule has 1 N–H and O–H groups in total. The highest BCUT2D eigenvalue weighted by Gasteiger charge is 2.68. The number of allylic oxidation sites excluding steroid dienone is 8. The lowest BCUT2D eigenvalue weighted by atomic mass is 9.33. The van der Waals surface area contributed by atoms with E-state index in [-0.39, 0.29) is 21.7 Å². The van der Waals surface area contributed by atoms with E-state index in [0.717, 1.165) is 43.3 Å². The lowest BCUT2D eigenvalue weighted by Crippen LogP contribution is -2.63. The third-order valence-electron chi connectivity index (χ3n) is 11.3. The van der Waals surface area contributed by atoms with Gasteiger partial charge in [-0.25, -0.2) is 0 Å². The van der Waals surface area contributed by atoms with Crippen LogP contribution in [0.2, 0.25) is 0 Å². The SMILES string of the molecule is CC1=C2C=C[C@]3(C)C(=CC[C@@]4(C)[C@@H]5C[C@](C)(C(=O)O)CC[C@]5(C)CC[C@@]43C)C2=CC(=O)C1=O. The molecule has 5 aliphatic rings. The molecule has 0 radical (unpaired) electrons. The number of carboxylic acid groups (broad SMARTS) is 1. The van der Waals surface area contributed by atoms with Gasteiger partial charge in [-0.1, -0.05) is 45.9 Å². The number of fused-ring (bicyclic) bond motifs is 7. The minimum absolute atomic E-state index is 0.0644. The van der Waals surface area contributed by atoms with Crippen LogP contribution < -0.4 is 0 Å². The van der Waals surface area contributed by atoms with Crippen molar-refractivity contribution in [1.82, 2.24) is 0 Å². The van der Waals surface area contributed by atoms with E-state index in [1.807, 2.05) is 6.92 Å². The number of carboxylic acids is 1. The molecular weight excluding hydrogens is 412 g/mol. The van der Waals surface area contributed by atoms with Gasteiger partial charge < -0.3 is 5.11 Å².